The minimum absolute atomic E-state index is 0.233. The molecule has 2 N–H and O–H groups in total. The molecule has 1 fully saturated rings. The van der Waals surface area contributed by atoms with Gasteiger partial charge in [0.25, 0.3) is 5.91 Å². The predicted octanol–water partition coefficient (Wildman–Crippen LogP) is 1.95. The molecule has 0 radical (unpaired) electrons. The van der Waals surface area contributed by atoms with Crippen LogP contribution in [0, 0.1) is 0 Å². The molecule has 6 nitrogen and oxygen atoms in total. The van der Waals surface area contributed by atoms with E-state index in [-0.39, 0.29) is 5.91 Å². The van der Waals surface area contributed by atoms with Gasteiger partial charge in [-0.3, -0.25) is 4.79 Å². The van der Waals surface area contributed by atoms with E-state index in [9.17, 15) is 4.79 Å². The molecule has 3 aromatic rings. The lowest BCUT2D eigenvalue weighted by Gasteiger charge is -2.33. The lowest BCUT2D eigenvalue weighted by atomic mass is 10.1. The Hall–Kier alpha value is -3.38. The fourth-order valence-corrected chi connectivity index (χ4v) is 3.54. The lowest BCUT2D eigenvalue weighted by Crippen LogP contribution is -3.13. The molecule has 1 aliphatic heterocycles. The quantitative estimate of drug-likeness (QED) is 0.500. The first-order valence-electron chi connectivity index (χ1n) is 9.87. The molecule has 2 heterocycles. The highest BCUT2D eigenvalue weighted by Crippen LogP contribution is 2.12. The molecular formula is C23H25N4O2+. The van der Waals surface area contributed by atoms with Crippen molar-refractivity contribution in [2.45, 2.75) is 6.54 Å². The first-order chi connectivity index (χ1) is 14.3. The van der Waals surface area contributed by atoms with Gasteiger partial charge in [0.2, 0.25) is 0 Å². The molecule has 1 aromatic heterocycles. The number of anilines is 1. The minimum atomic E-state index is -0.233. The van der Waals surface area contributed by atoms with Gasteiger partial charge in [0.15, 0.2) is 0 Å². The number of hydrogen-bond donors (Lipinski definition) is 2. The summed E-state index contributed by atoms with van der Waals surface area (Å²) in [6.45, 7) is 5.32. The number of nitrogens with zero attached hydrogens (tertiary/aromatic N) is 2. The normalized spacial score (nSPS) is 15.0. The molecule has 0 unspecified atom stereocenters. The largest absolute Gasteiger partial charge is 0.463 e. The summed E-state index contributed by atoms with van der Waals surface area (Å²) in [5.74, 6) is 0.360. The first kappa shape index (κ1) is 19.0. The third-order valence-corrected chi connectivity index (χ3v) is 5.16. The number of hydrazone groups is 1. The van der Waals surface area contributed by atoms with E-state index in [0.717, 1.165) is 32.7 Å². The number of piperazine rings is 1. The second-order valence-corrected chi connectivity index (χ2v) is 7.16. The molecular weight excluding hydrogens is 364 g/mol. The van der Waals surface area contributed by atoms with Crippen LogP contribution >= 0.6 is 0 Å². The van der Waals surface area contributed by atoms with Crippen LogP contribution in [0.15, 0.2) is 82.5 Å². The highest BCUT2D eigenvalue weighted by Gasteiger charge is 2.20. The maximum absolute atomic E-state index is 12.2. The number of rotatable bonds is 6. The fraction of sp³-hybridized carbons (Fsp3) is 0.217. The second-order valence-electron chi connectivity index (χ2n) is 7.16. The van der Waals surface area contributed by atoms with E-state index in [1.165, 1.54) is 17.5 Å². The van der Waals surface area contributed by atoms with Crippen LogP contribution in [0.25, 0.3) is 0 Å². The Morgan fingerprint density at radius 2 is 1.79 bits per heavy atom. The monoisotopic (exact) mass is 389 g/mol. The Bertz CT molecular complexity index is 929. The molecule has 148 valence electrons. The molecule has 1 aliphatic rings. The van der Waals surface area contributed by atoms with E-state index in [1.54, 1.807) is 23.3 Å². The zero-order valence-corrected chi connectivity index (χ0v) is 16.3. The average molecular weight is 389 g/mol. The van der Waals surface area contributed by atoms with Crippen molar-refractivity contribution in [2.75, 3.05) is 31.1 Å². The molecule has 2 aromatic carbocycles. The van der Waals surface area contributed by atoms with Crippen LogP contribution in [-0.2, 0) is 6.54 Å². The molecule has 4 rings (SSSR count). The predicted molar refractivity (Wildman–Crippen MR) is 113 cm³/mol. The molecule has 0 spiro atoms. The standard InChI is InChI=1S/C23H24N4O2/c28-23(25-24-17-22-7-4-16-29-22)20-10-8-19(9-11-20)18-26-12-14-27(15-13-26)21-5-2-1-3-6-21/h1-11,16-17H,12-15,18H2,(H,25,28)/p+1/b24-17-. The van der Waals surface area contributed by atoms with Crippen molar-refractivity contribution < 1.29 is 14.1 Å². The van der Waals surface area contributed by atoms with Gasteiger partial charge in [0.1, 0.15) is 12.3 Å². The van der Waals surface area contributed by atoms with E-state index in [2.05, 4.69) is 45.8 Å². The molecule has 0 bridgehead atoms. The van der Waals surface area contributed by atoms with E-state index in [0.29, 0.717) is 11.3 Å². The van der Waals surface area contributed by atoms with Crippen molar-refractivity contribution in [3.8, 4) is 0 Å². The first-order valence-corrected chi connectivity index (χ1v) is 9.87. The van der Waals surface area contributed by atoms with Crippen LogP contribution in [0.3, 0.4) is 0 Å². The summed E-state index contributed by atoms with van der Waals surface area (Å²) >= 11 is 0. The number of benzene rings is 2. The van der Waals surface area contributed by atoms with Crippen LogP contribution in [0.2, 0.25) is 0 Å². The van der Waals surface area contributed by atoms with Gasteiger partial charge in [-0.2, -0.15) is 5.10 Å². The summed E-state index contributed by atoms with van der Waals surface area (Å²) in [7, 11) is 0. The van der Waals surface area contributed by atoms with Crippen molar-refractivity contribution in [1.82, 2.24) is 5.43 Å². The molecule has 0 saturated carbocycles. The summed E-state index contributed by atoms with van der Waals surface area (Å²) < 4.78 is 5.13. The summed E-state index contributed by atoms with van der Waals surface area (Å²) in [4.78, 5) is 16.2. The Labute approximate surface area is 170 Å². The zero-order valence-electron chi connectivity index (χ0n) is 16.3. The van der Waals surface area contributed by atoms with E-state index < -0.39 is 0 Å². The van der Waals surface area contributed by atoms with Gasteiger partial charge in [-0.25, -0.2) is 5.43 Å². The van der Waals surface area contributed by atoms with Gasteiger partial charge >= 0.3 is 0 Å². The number of nitrogens with one attached hydrogen (secondary N) is 2. The van der Waals surface area contributed by atoms with Gasteiger partial charge in [-0.15, -0.1) is 0 Å². The third-order valence-electron chi connectivity index (χ3n) is 5.16. The zero-order chi connectivity index (χ0) is 19.9. The van der Waals surface area contributed by atoms with Crippen LogP contribution in [-0.4, -0.2) is 38.3 Å². The highest BCUT2D eigenvalue weighted by molar-refractivity contribution is 5.94. The van der Waals surface area contributed by atoms with Crippen molar-refractivity contribution in [3.05, 3.63) is 89.9 Å². The van der Waals surface area contributed by atoms with Crippen molar-refractivity contribution >= 4 is 17.8 Å². The lowest BCUT2D eigenvalue weighted by molar-refractivity contribution is -0.914. The van der Waals surface area contributed by atoms with Crippen LogP contribution < -0.4 is 15.2 Å². The smallest absolute Gasteiger partial charge is 0.271 e. The Kier molecular flexibility index (Phi) is 6.02. The summed E-state index contributed by atoms with van der Waals surface area (Å²) in [6, 6.07) is 21.9. The van der Waals surface area contributed by atoms with Gasteiger partial charge in [-0.05, 0) is 36.4 Å². The van der Waals surface area contributed by atoms with E-state index >= 15 is 0 Å². The Morgan fingerprint density at radius 3 is 2.48 bits per heavy atom. The van der Waals surface area contributed by atoms with E-state index in [4.69, 9.17) is 4.42 Å². The van der Waals surface area contributed by atoms with Gasteiger partial charge in [0.05, 0.1) is 38.7 Å². The molecule has 1 amide bonds. The maximum atomic E-state index is 12.2. The molecule has 29 heavy (non-hydrogen) atoms. The van der Waals surface area contributed by atoms with Crippen molar-refractivity contribution in [1.29, 1.82) is 0 Å². The SMILES string of the molecule is O=C(N/N=C\c1ccco1)c1ccc(C[NH+]2CCN(c3ccccc3)CC2)cc1. The third kappa shape index (κ3) is 5.12. The van der Waals surface area contributed by atoms with Crippen molar-refractivity contribution in [2.24, 2.45) is 5.10 Å². The van der Waals surface area contributed by atoms with Crippen LogP contribution in [0.5, 0.6) is 0 Å². The summed E-state index contributed by atoms with van der Waals surface area (Å²) in [5.41, 5.74) is 5.65. The number of carbonyl (C=O) groups is 1. The van der Waals surface area contributed by atoms with Gasteiger partial charge in [-0.1, -0.05) is 30.3 Å². The van der Waals surface area contributed by atoms with Gasteiger partial charge < -0.3 is 14.2 Å². The maximum Gasteiger partial charge on any atom is 0.271 e. The van der Waals surface area contributed by atoms with Crippen molar-refractivity contribution in [3.63, 3.8) is 0 Å². The number of quaternary nitrogens is 1. The Balaban J connectivity index is 1.26. The molecule has 6 heteroatoms. The second kappa shape index (κ2) is 9.21. The van der Waals surface area contributed by atoms with Crippen LogP contribution in [0.1, 0.15) is 21.7 Å². The highest BCUT2D eigenvalue weighted by atomic mass is 16.3. The fourth-order valence-electron chi connectivity index (χ4n) is 3.54. The molecule has 1 saturated heterocycles. The summed E-state index contributed by atoms with van der Waals surface area (Å²) in [5, 5.41) is 3.91. The average Bonchev–Trinajstić information content (AvgIpc) is 3.29. The van der Waals surface area contributed by atoms with E-state index in [1.807, 2.05) is 24.3 Å². The van der Waals surface area contributed by atoms with Gasteiger partial charge in [0, 0.05) is 16.8 Å². The van der Waals surface area contributed by atoms with Crippen LogP contribution in [0.4, 0.5) is 5.69 Å². The number of hydrogen-bond acceptors (Lipinski definition) is 4. The summed E-state index contributed by atoms with van der Waals surface area (Å²) in [6.07, 6.45) is 3.04. The number of amides is 1. The Morgan fingerprint density at radius 1 is 1.03 bits per heavy atom. The number of para-hydroxylation sites is 1. The number of furan rings is 1. The number of carbonyl (C=O) groups excluding carboxylic acids is 1. The topological polar surface area (TPSA) is 62.3 Å². The molecule has 0 aliphatic carbocycles. The molecule has 0 atom stereocenters. The minimum Gasteiger partial charge on any atom is -0.463 e.